The van der Waals surface area contributed by atoms with E-state index in [9.17, 15) is 8.42 Å². The van der Waals surface area contributed by atoms with Crippen molar-refractivity contribution in [3.05, 3.63) is 29.8 Å². The van der Waals surface area contributed by atoms with Crippen molar-refractivity contribution in [3.63, 3.8) is 0 Å². The van der Waals surface area contributed by atoms with Crippen LogP contribution in [0.4, 0.5) is 5.13 Å². The van der Waals surface area contributed by atoms with Crippen molar-refractivity contribution in [1.82, 2.24) is 14.8 Å². The van der Waals surface area contributed by atoms with E-state index < -0.39 is 10.0 Å². The van der Waals surface area contributed by atoms with Crippen molar-refractivity contribution in [2.24, 2.45) is 0 Å². The highest BCUT2D eigenvalue weighted by Crippen LogP contribution is 2.18. The Morgan fingerprint density at radius 2 is 2.12 bits per heavy atom. The van der Waals surface area contributed by atoms with Crippen LogP contribution in [0.15, 0.2) is 29.2 Å². The molecule has 0 amide bonds. The second-order valence-electron chi connectivity index (χ2n) is 2.88. The molecule has 17 heavy (non-hydrogen) atoms. The van der Waals surface area contributed by atoms with Crippen LogP contribution in [0, 0.1) is 11.3 Å². The minimum absolute atomic E-state index is 0.0535. The number of nitriles is 1. The summed E-state index contributed by atoms with van der Waals surface area (Å²) in [5, 5.41) is 15.6. The smallest absolute Gasteiger partial charge is 0.252 e. The van der Waals surface area contributed by atoms with Gasteiger partial charge in [0.1, 0.15) is 11.0 Å². The molecule has 0 unspecified atom stereocenters. The fourth-order valence-electron chi connectivity index (χ4n) is 1.14. The third-order valence-electron chi connectivity index (χ3n) is 1.82. The molecule has 7 nitrogen and oxygen atoms in total. The van der Waals surface area contributed by atoms with Gasteiger partial charge in [0.05, 0.1) is 5.56 Å². The van der Waals surface area contributed by atoms with Gasteiger partial charge in [-0.15, -0.1) is 0 Å². The number of rotatable bonds is 3. The zero-order valence-corrected chi connectivity index (χ0v) is 9.86. The quantitative estimate of drug-likeness (QED) is 0.872. The van der Waals surface area contributed by atoms with Crippen molar-refractivity contribution in [1.29, 1.82) is 5.26 Å². The molecule has 0 spiro atoms. The molecule has 0 fully saturated rings. The first-order valence-electron chi connectivity index (χ1n) is 4.30. The molecule has 0 bridgehead atoms. The third-order valence-corrected chi connectivity index (χ3v) is 3.86. The summed E-state index contributed by atoms with van der Waals surface area (Å²) in [7, 11) is -3.83. The molecule has 1 aromatic carbocycles. The molecule has 0 aliphatic rings. The first-order valence-corrected chi connectivity index (χ1v) is 6.56. The second kappa shape index (κ2) is 4.44. The number of hydrogen-bond acceptors (Lipinski definition) is 7. The molecule has 0 saturated carbocycles. The van der Waals surface area contributed by atoms with Gasteiger partial charge < -0.3 is 0 Å². The van der Waals surface area contributed by atoms with Gasteiger partial charge in [-0.05, 0) is 17.3 Å². The topological polar surface area (TPSA) is 109 Å². The van der Waals surface area contributed by atoms with E-state index in [1.54, 1.807) is 6.07 Å². The number of anilines is 1. The van der Waals surface area contributed by atoms with Crippen LogP contribution < -0.4 is 4.72 Å². The molecule has 9 heteroatoms. The Kier molecular flexibility index (Phi) is 2.99. The molecule has 1 heterocycles. The summed E-state index contributed by atoms with van der Waals surface area (Å²) in [6, 6.07) is 7.70. The van der Waals surface area contributed by atoms with E-state index in [0.717, 1.165) is 11.5 Å². The van der Waals surface area contributed by atoms with E-state index in [2.05, 4.69) is 19.5 Å². The highest BCUT2D eigenvalue weighted by molar-refractivity contribution is 7.93. The van der Waals surface area contributed by atoms with E-state index in [0.29, 0.717) is 0 Å². The lowest BCUT2D eigenvalue weighted by Crippen LogP contribution is -2.14. The first kappa shape index (κ1) is 11.4. The Labute approximate surface area is 101 Å². The third kappa shape index (κ3) is 2.38. The molecule has 2 aromatic rings. The van der Waals surface area contributed by atoms with Gasteiger partial charge in [-0.2, -0.15) is 5.26 Å². The number of hydrogen-bond donors (Lipinski definition) is 1. The molecule has 0 radical (unpaired) electrons. The molecule has 2 rings (SSSR count). The molecular formula is C8H5N5O2S2. The predicted octanol–water partition coefficient (Wildman–Crippen LogP) is 0.606. The van der Waals surface area contributed by atoms with Gasteiger partial charge in [0, 0.05) is 11.5 Å². The number of nitrogens with zero attached hydrogens (tertiary/aromatic N) is 4. The molecule has 1 aromatic heterocycles. The average Bonchev–Trinajstić information content (AvgIpc) is 2.81. The first-order chi connectivity index (χ1) is 8.13. The minimum atomic E-state index is -3.83. The van der Waals surface area contributed by atoms with Crippen LogP contribution in [0.2, 0.25) is 0 Å². The van der Waals surface area contributed by atoms with Gasteiger partial charge in [-0.25, -0.2) is 8.42 Å². The van der Waals surface area contributed by atoms with Crippen LogP contribution in [0.25, 0.3) is 0 Å². The van der Waals surface area contributed by atoms with Gasteiger partial charge in [0.2, 0.25) is 5.13 Å². The zero-order valence-electron chi connectivity index (χ0n) is 8.23. The fraction of sp³-hybridized carbons (Fsp3) is 0. The SMILES string of the molecule is N#Cc1ccccc1S(=O)(=O)Nc1nnns1. The van der Waals surface area contributed by atoms with Crippen LogP contribution in [0.3, 0.4) is 0 Å². The van der Waals surface area contributed by atoms with Crippen LogP contribution in [0.5, 0.6) is 0 Å². The summed E-state index contributed by atoms with van der Waals surface area (Å²) in [5.74, 6) is 0. The van der Waals surface area contributed by atoms with Crippen molar-refractivity contribution in [2.45, 2.75) is 4.90 Å². The van der Waals surface area contributed by atoms with Crippen molar-refractivity contribution < 1.29 is 8.42 Å². The van der Waals surface area contributed by atoms with Gasteiger partial charge in [0.25, 0.3) is 10.0 Å². The maximum absolute atomic E-state index is 11.9. The predicted molar refractivity (Wildman–Crippen MR) is 59.7 cm³/mol. The van der Waals surface area contributed by atoms with E-state index >= 15 is 0 Å². The largest absolute Gasteiger partial charge is 0.265 e. The highest BCUT2D eigenvalue weighted by atomic mass is 32.2. The molecule has 0 aliphatic heterocycles. The fourth-order valence-corrected chi connectivity index (χ4v) is 2.88. The highest BCUT2D eigenvalue weighted by Gasteiger charge is 2.19. The number of nitrogens with one attached hydrogen (secondary N) is 1. The Morgan fingerprint density at radius 1 is 1.35 bits per heavy atom. The van der Waals surface area contributed by atoms with E-state index in [-0.39, 0.29) is 15.6 Å². The Bertz CT molecular complexity index is 659. The van der Waals surface area contributed by atoms with Gasteiger partial charge in [-0.3, -0.25) is 4.72 Å². The second-order valence-corrected chi connectivity index (χ2v) is 5.26. The van der Waals surface area contributed by atoms with Crippen molar-refractivity contribution >= 4 is 26.7 Å². The van der Waals surface area contributed by atoms with Crippen LogP contribution >= 0.6 is 11.5 Å². The summed E-state index contributed by atoms with van der Waals surface area (Å²) in [5.41, 5.74) is 0.0671. The zero-order chi connectivity index (χ0) is 12.3. The van der Waals surface area contributed by atoms with E-state index in [4.69, 9.17) is 5.26 Å². The van der Waals surface area contributed by atoms with Crippen molar-refractivity contribution in [3.8, 4) is 6.07 Å². The minimum Gasteiger partial charge on any atom is -0.252 e. The Balaban J connectivity index is 2.42. The number of benzene rings is 1. The summed E-state index contributed by atoms with van der Waals surface area (Å²) < 4.78 is 29.5. The lowest BCUT2D eigenvalue weighted by molar-refractivity contribution is 0.601. The Morgan fingerprint density at radius 3 is 2.76 bits per heavy atom. The maximum Gasteiger partial charge on any atom is 0.265 e. The molecule has 86 valence electrons. The Hall–Kier alpha value is -2.05. The molecule has 1 N–H and O–H groups in total. The lowest BCUT2D eigenvalue weighted by Gasteiger charge is -2.05. The van der Waals surface area contributed by atoms with Crippen molar-refractivity contribution in [2.75, 3.05) is 4.72 Å². The van der Waals surface area contributed by atoms with Gasteiger partial charge >= 0.3 is 0 Å². The van der Waals surface area contributed by atoms with Gasteiger partial charge in [0.15, 0.2) is 0 Å². The van der Waals surface area contributed by atoms with Crippen LogP contribution in [-0.2, 0) is 10.0 Å². The summed E-state index contributed by atoms with van der Waals surface area (Å²) in [6.07, 6.45) is 0. The number of aromatic nitrogens is 3. The van der Waals surface area contributed by atoms with E-state index in [1.165, 1.54) is 18.2 Å². The van der Waals surface area contributed by atoms with Crippen LogP contribution in [0.1, 0.15) is 5.56 Å². The van der Waals surface area contributed by atoms with Gasteiger partial charge in [-0.1, -0.05) is 21.7 Å². The van der Waals surface area contributed by atoms with Crippen LogP contribution in [-0.4, -0.2) is 23.2 Å². The summed E-state index contributed by atoms with van der Waals surface area (Å²) >= 11 is 0.813. The maximum atomic E-state index is 11.9. The molecule has 0 saturated heterocycles. The summed E-state index contributed by atoms with van der Waals surface area (Å²) in [4.78, 5) is -0.0994. The normalized spacial score (nSPS) is 10.8. The summed E-state index contributed by atoms with van der Waals surface area (Å²) in [6.45, 7) is 0. The van der Waals surface area contributed by atoms with E-state index in [1.807, 2.05) is 6.07 Å². The molecular weight excluding hydrogens is 262 g/mol. The monoisotopic (exact) mass is 267 g/mol. The molecule has 0 atom stereocenters. The molecule has 0 aliphatic carbocycles. The standard InChI is InChI=1S/C8H5N5O2S2/c9-5-6-3-1-2-4-7(6)17(14,15)11-8-10-12-13-16-8/h1-4H,(H,10,11,13). The lowest BCUT2D eigenvalue weighted by atomic mass is 10.2. The average molecular weight is 267 g/mol. The number of sulfonamides is 1.